The molecule has 0 aliphatic heterocycles. The van der Waals surface area contributed by atoms with Crippen LogP contribution >= 0.6 is 0 Å². The molecule has 5 heteroatoms. The Balaban J connectivity index is 0.000000279. The van der Waals surface area contributed by atoms with Crippen molar-refractivity contribution in [3.63, 3.8) is 0 Å². The average Bonchev–Trinajstić information content (AvgIpc) is 2.98. The first kappa shape index (κ1) is 34.5. The SMILES string of the molecule is CC(C)(C)c1ccnc(-c2[c-]cccc2)c1.[B].[Ir].[Y].[c-]1ccc(-c2[c-]cc3ccccc3c2)[c-]c1-c1ccccn1. The van der Waals surface area contributed by atoms with Gasteiger partial charge in [-0.15, -0.1) is 65.5 Å². The largest absolute Gasteiger partial charge is 0.352 e. The van der Waals surface area contributed by atoms with Crippen molar-refractivity contribution in [3.05, 3.63) is 145 Å². The number of fused-ring (bicyclic) bond motifs is 1. The number of hydrogen-bond acceptors (Lipinski definition) is 2. The van der Waals surface area contributed by atoms with Crippen LogP contribution < -0.4 is 0 Å². The molecule has 0 amide bonds. The molecule has 2 aromatic heterocycles. The first-order chi connectivity index (χ1) is 18.5. The minimum Gasteiger partial charge on any atom is -0.352 e. The molecule has 0 spiro atoms. The maximum atomic E-state index is 4.39. The van der Waals surface area contributed by atoms with Gasteiger partial charge >= 0.3 is 0 Å². The number of aromatic nitrogens is 2. The predicted octanol–water partition coefficient (Wildman–Crippen LogP) is 8.43. The number of pyridine rings is 2. The zero-order valence-electron chi connectivity index (χ0n) is 23.4. The van der Waals surface area contributed by atoms with Gasteiger partial charge in [-0.2, -0.15) is 5.56 Å². The van der Waals surface area contributed by atoms with E-state index in [0.29, 0.717) is 0 Å². The van der Waals surface area contributed by atoms with Crippen molar-refractivity contribution in [2.75, 3.05) is 0 Å². The summed E-state index contributed by atoms with van der Waals surface area (Å²) in [6.45, 7) is 6.63. The summed E-state index contributed by atoms with van der Waals surface area (Å²) in [5, 5.41) is 2.40. The average molecular weight is 781 g/mol. The van der Waals surface area contributed by atoms with Crippen LogP contribution in [0.25, 0.3) is 44.4 Å². The molecule has 4 aromatic carbocycles. The van der Waals surface area contributed by atoms with Crippen LogP contribution in [0.5, 0.6) is 0 Å². The molecule has 2 nitrogen and oxygen atoms in total. The van der Waals surface area contributed by atoms with Crippen LogP contribution in [0.4, 0.5) is 0 Å². The Hall–Kier alpha value is -2.74. The zero-order chi connectivity index (χ0) is 26.4. The van der Waals surface area contributed by atoms with E-state index < -0.39 is 0 Å². The smallest absolute Gasteiger partial charge is 0.0163 e. The Morgan fingerprint density at radius 1 is 0.610 bits per heavy atom. The van der Waals surface area contributed by atoms with E-state index in [1.807, 2.05) is 79.0 Å². The minimum absolute atomic E-state index is 0. The van der Waals surface area contributed by atoms with Gasteiger partial charge in [0.05, 0.1) is 0 Å². The van der Waals surface area contributed by atoms with Crippen molar-refractivity contribution in [1.29, 1.82) is 0 Å². The molecule has 5 radical (unpaired) electrons. The third-order valence-corrected chi connectivity index (χ3v) is 6.24. The van der Waals surface area contributed by atoms with E-state index in [1.54, 1.807) is 6.20 Å². The zero-order valence-corrected chi connectivity index (χ0v) is 28.6. The van der Waals surface area contributed by atoms with Crippen LogP contribution in [0, 0.1) is 24.3 Å². The third kappa shape index (κ3) is 9.12. The molecule has 0 atom stereocenters. The molecule has 6 rings (SSSR count). The molecule has 201 valence electrons. The second kappa shape index (κ2) is 16.0. The van der Waals surface area contributed by atoms with Gasteiger partial charge in [0.15, 0.2) is 0 Å². The molecule has 0 aliphatic carbocycles. The van der Waals surface area contributed by atoms with Gasteiger partial charge in [0.2, 0.25) is 0 Å². The van der Waals surface area contributed by atoms with Crippen molar-refractivity contribution in [3.8, 4) is 33.6 Å². The van der Waals surface area contributed by atoms with E-state index in [4.69, 9.17) is 0 Å². The van der Waals surface area contributed by atoms with Gasteiger partial charge in [0.25, 0.3) is 0 Å². The van der Waals surface area contributed by atoms with E-state index in [0.717, 1.165) is 33.6 Å². The quantitative estimate of drug-likeness (QED) is 0.133. The third-order valence-electron chi connectivity index (χ3n) is 6.24. The summed E-state index contributed by atoms with van der Waals surface area (Å²) in [4.78, 5) is 8.75. The summed E-state index contributed by atoms with van der Waals surface area (Å²) in [5.41, 5.74) is 7.29. The van der Waals surface area contributed by atoms with Gasteiger partial charge in [0, 0.05) is 73.6 Å². The second-order valence-electron chi connectivity index (χ2n) is 10.0. The van der Waals surface area contributed by atoms with Gasteiger partial charge in [-0.1, -0.05) is 68.2 Å². The van der Waals surface area contributed by atoms with Crippen LogP contribution in [-0.2, 0) is 58.2 Å². The summed E-state index contributed by atoms with van der Waals surface area (Å²) < 4.78 is 0. The van der Waals surface area contributed by atoms with Crippen molar-refractivity contribution < 1.29 is 52.8 Å². The Morgan fingerprint density at radius 3 is 2.05 bits per heavy atom. The van der Waals surface area contributed by atoms with Crippen molar-refractivity contribution in [1.82, 2.24) is 9.97 Å². The monoisotopic (exact) mass is 781 g/mol. The van der Waals surface area contributed by atoms with E-state index in [1.165, 1.54) is 16.3 Å². The summed E-state index contributed by atoms with van der Waals surface area (Å²) >= 11 is 0. The topological polar surface area (TPSA) is 25.8 Å². The molecule has 0 saturated heterocycles. The fraction of sp³-hybridized carbons (Fsp3) is 0.111. The maximum absolute atomic E-state index is 4.39. The summed E-state index contributed by atoms with van der Waals surface area (Å²) in [6.07, 6.45) is 3.66. The molecule has 2 heterocycles. The van der Waals surface area contributed by atoms with Gasteiger partial charge in [-0.3, -0.25) is 23.3 Å². The Morgan fingerprint density at radius 2 is 1.34 bits per heavy atom. The van der Waals surface area contributed by atoms with Crippen molar-refractivity contribution in [2.24, 2.45) is 0 Å². The Bertz CT molecular complexity index is 1650. The Labute approximate surface area is 284 Å². The minimum atomic E-state index is 0. The normalized spacial score (nSPS) is 10.2. The van der Waals surface area contributed by atoms with Gasteiger partial charge < -0.3 is 16.0 Å². The van der Waals surface area contributed by atoms with E-state index in [9.17, 15) is 0 Å². The molecule has 0 fully saturated rings. The molecular weight excluding hydrogens is 752 g/mol. The van der Waals surface area contributed by atoms with Crippen molar-refractivity contribution >= 4 is 19.2 Å². The summed E-state index contributed by atoms with van der Waals surface area (Å²) in [6, 6.07) is 47.5. The molecule has 0 N–H and O–H groups in total. The molecule has 0 unspecified atom stereocenters. The van der Waals surface area contributed by atoms with Crippen LogP contribution in [-0.4, -0.2) is 18.4 Å². The van der Waals surface area contributed by atoms with Crippen molar-refractivity contribution in [2.45, 2.75) is 26.2 Å². The predicted molar refractivity (Wildman–Crippen MR) is 162 cm³/mol. The first-order valence-electron chi connectivity index (χ1n) is 12.7. The molecule has 0 saturated carbocycles. The standard InChI is InChI=1S/C21H12N.C15H16N.B.Ir.Y/c1-2-7-17-14-19(12-11-16(17)6-1)18-8-5-9-20(15-18)21-10-3-4-13-22-21;1-15(2,3)13-9-10-16-14(11-13)12-7-5-4-6-8-12;;;/h1-8,10-11,13-14H;4-7,9-11H,1-3H3;;;/q-3;-1;;;. The number of rotatable bonds is 3. The molecular formula is C36H28BIrN2Y-4. The summed E-state index contributed by atoms with van der Waals surface area (Å²) in [5.74, 6) is 0. The number of benzene rings is 4. The second-order valence-corrected chi connectivity index (χ2v) is 10.0. The number of nitrogens with zero attached hydrogens (tertiary/aromatic N) is 2. The molecule has 6 aromatic rings. The van der Waals surface area contributed by atoms with E-state index in [-0.39, 0.29) is 66.6 Å². The van der Waals surface area contributed by atoms with Gasteiger partial charge in [0.1, 0.15) is 0 Å². The van der Waals surface area contributed by atoms with Crippen LogP contribution in [0.3, 0.4) is 0 Å². The van der Waals surface area contributed by atoms with E-state index >= 15 is 0 Å². The molecule has 41 heavy (non-hydrogen) atoms. The maximum Gasteiger partial charge on any atom is 0.0163 e. The van der Waals surface area contributed by atoms with E-state index in [2.05, 4.69) is 85.3 Å². The fourth-order valence-corrected chi connectivity index (χ4v) is 4.11. The van der Waals surface area contributed by atoms with Gasteiger partial charge in [-0.25, -0.2) is 6.07 Å². The molecule has 0 bridgehead atoms. The summed E-state index contributed by atoms with van der Waals surface area (Å²) in [7, 11) is 0. The van der Waals surface area contributed by atoms with Crippen LogP contribution in [0.15, 0.2) is 116 Å². The number of hydrogen-bond donors (Lipinski definition) is 0. The fourth-order valence-electron chi connectivity index (χ4n) is 4.11. The Kier molecular flexibility index (Phi) is 13.5. The van der Waals surface area contributed by atoms with Gasteiger partial charge in [-0.05, 0) is 28.8 Å². The van der Waals surface area contributed by atoms with Crippen LogP contribution in [0.1, 0.15) is 26.3 Å². The first-order valence-corrected chi connectivity index (χ1v) is 12.7. The molecule has 0 aliphatic rings. The van der Waals surface area contributed by atoms with Crippen LogP contribution in [0.2, 0.25) is 0 Å².